The molecule has 2 aromatic rings. The Hall–Kier alpha value is -3.01. The van der Waals surface area contributed by atoms with Crippen LogP contribution in [0.15, 0.2) is 24.3 Å². The monoisotopic (exact) mass is 506 g/mol. The van der Waals surface area contributed by atoms with Gasteiger partial charge in [0, 0.05) is 51.4 Å². The smallest absolute Gasteiger partial charge is 0.188 e. The van der Waals surface area contributed by atoms with E-state index in [1.807, 2.05) is 0 Å². The normalized spacial score (nSPS) is 11.0. The Kier molecular flexibility index (Phi) is 12.3. The van der Waals surface area contributed by atoms with Crippen molar-refractivity contribution in [1.82, 2.24) is 0 Å². The van der Waals surface area contributed by atoms with E-state index in [0.29, 0.717) is 46.5 Å². The molecule has 0 saturated heterocycles. The molecule has 36 heavy (non-hydrogen) atoms. The fraction of sp³-hybridized carbons (Fsp3) is 0.519. The van der Waals surface area contributed by atoms with Gasteiger partial charge in [-0.15, -0.1) is 0 Å². The van der Waals surface area contributed by atoms with Gasteiger partial charge < -0.3 is 38.3 Å². The molecule has 0 radical (unpaired) electrons. The Bertz CT molecular complexity index is 972. The number of carbonyl (C=O) groups is 1. The fourth-order valence-electron chi connectivity index (χ4n) is 3.61. The molecule has 0 aliphatic rings. The third-order valence-corrected chi connectivity index (χ3v) is 5.40. The first-order chi connectivity index (χ1) is 17.3. The number of Topliss-reactive ketones (excluding diaryl/α,β-unsaturated/α-hetero) is 1. The first kappa shape index (κ1) is 29.2. The van der Waals surface area contributed by atoms with Crippen LogP contribution in [0, 0.1) is 5.92 Å². The third kappa shape index (κ3) is 8.58. The average molecular weight is 507 g/mol. The van der Waals surface area contributed by atoms with Gasteiger partial charge in [-0.05, 0) is 36.5 Å². The summed E-state index contributed by atoms with van der Waals surface area (Å²) in [5.41, 5.74) is 1.77. The van der Waals surface area contributed by atoms with Crippen molar-refractivity contribution in [3.05, 3.63) is 41.0 Å². The molecule has 0 spiro atoms. The van der Waals surface area contributed by atoms with Gasteiger partial charge in [-0.25, -0.2) is 0 Å². The molecule has 1 N–H and O–H groups in total. The zero-order chi connectivity index (χ0) is 26.5. The molecule has 0 heterocycles. The van der Waals surface area contributed by atoms with Crippen LogP contribution in [0.5, 0.6) is 28.7 Å². The molecule has 0 aromatic heterocycles. The number of carbonyl (C=O) groups excluding carboxylic acids is 1. The lowest BCUT2D eigenvalue weighted by molar-refractivity contribution is -0.117. The summed E-state index contributed by atoms with van der Waals surface area (Å²) in [6.45, 7) is 4.26. The molecule has 2 aromatic carbocycles. The quantitative estimate of drug-likeness (QED) is 0.315. The van der Waals surface area contributed by atoms with Gasteiger partial charge in [0.1, 0.15) is 23.0 Å². The minimum absolute atomic E-state index is 0.00963. The molecule has 0 atom stereocenters. The van der Waals surface area contributed by atoms with Gasteiger partial charge >= 0.3 is 0 Å². The highest BCUT2D eigenvalue weighted by atomic mass is 16.7. The minimum atomic E-state index is -0.111. The number of benzene rings is 2. The van der Waals surface area contributed by atoms with E-state index in [-0.39, 0.29) is 44.8 Å². The Morgan fingerprint density at radius 3 is 1.92 bits per heavy atom. The maximum absolute atomic E-state index is 13.1. The van der Waals surface area contributed by atoms with Crippen molar-refractivity contribution in [3.63, 3.8) is 0 Å². The highest BCUT2D eigenvalue weighted by Gasteiger charge is 2.23. The highest BCUT2D eigenvalue weighted by Crippen LogP contribution is 2.40. The molecule has 0 amide bonds. The van der Waals surface area contributed by atoms with Gasteiger partial charge in [-0.3, -0.25) is 4.79 Å². The van der Waals surface area contributed by atoms with Gasteiger partial charge in [-0.2, -0.15) is 0 Å². The van der Waals surface area contributed by atoms with Crippen LogP contribution >= 0.6 is 0 Å². The number of ketones is 1. The molecule has 0 bridgehead atoms. The van der Waals surface area contributed by atoms with Crippen LogP contribution in [0.1, 0.15) is 37.0 Å². The summed E-state index contributed by atoms with van der Waals surface area (Å²) in [7, 11) is 6.08. The Labute approximate surface area is 213 Å². The molecular weight excluding hydrogens is 468 g/mol. The summed E-state index contributed by atoms with van der Waals surface area (Å²) >= 11 is 0. The average Bonchev–Trinajstić information content (AvgIpc) is 2.86. The van der Waals surface area contributed by atoms with Gasteiger partial charge in [0.2, 0.25) is 0 Å². The first-order valence-corrected chi connectivity index (χ1v) is 11.8. The molecule has 0 fully saturated rings. The summed E-state index contributed by atoms with van der Waals surface area (Å²) in [6.07, 6.45) is 1.51. The first-order valence-electron chi connectivity index (χ1n) is 11.8. The Morgan fingerprint density at radius 2 is 1.36 bits per heavy atom. The van der Waals surface area contributed by atoms with Crippen molar-refractivity contribution in [1.29, 1.82) is 0 Å². The second kappa shape index (κ2) is 15.2. The van der Waals surface area contributed by atoms with Crippen LogP contribution in [-0.4, -0.2) is 59.7 Å². The number of methoxy groups -OCH3 is 4. The SMILES string of the molecule is COCOc1ccc(CC(=O)Cc2c(OCOC)cc(OCOC)c(CCC(C)C)c2O)cc1OC. The van der Waals surface area contributed by atoms with Crippen LogP contribution in [0.4, 0.5) is 0 Å². The van der Waals surface area contributed by atoms with Gasteiger partial charge in [0.15, 0.2) is 31.9 Å². The summed E-state index contributed by atoms with van der Waals surface area (Å²) in [6, 6.07) is 6.96. The van der Waals surface area contributed by atoms with Crippen molar-refractivity contribution in [2.75, 3.05) is 48.8 Å². The van der Waals surface area contributed by atoms with E-state index in [1.54, 1.807) is 24.3 Å². The molecule has 9 heteroatoms. The van der Waals surface area contributed by atoms with Crippen LogP contribution < -0.4 is 18.9 Å². The lowest BCUT2D eigenvalue weighted by Crippen LogP contribution is -2.12. The molecule has 0 saturated carbocycles. The lowest BCUT2D eigenvalue weighted by atomic mass is 9.95. The van der Waals surface area contributed by atoms with Crippen molar-refractivity contribution < 1.29 is 43.1 Å². The molecular formula is C27H38O9. The molecule has 200 valence electrons. The van der Waals surface area contributed by atoms with Crippen LogP contribution in [-0.2, 0) is 38.3 Å². The van der Waals surface area contributed by atoms with Crippen molar-refractivity contribution in [2.24, 2.45) is 5.92 Å². The number of hydrogen-bond acceptors (Lipinski definition) is 9. The van der Waals surface area contributed by atoms with E-state index in [1.165, 1.54) is 28.4 Å². The second-order valence-electron chi connectivity index (χ2n) is 8.64. The van der Waals surface area contributed by atoms with Crippen molar-refractivity contribution in [3.8, 4) is 28.7 Å². The highest BCUT2D eigenvalue weighted by molar-refractivity contribution is 5.85. The van der Waals surface area contributed by atoms with E-state index >= 15 is 0 Å². The summed E-state index contributed by atoms with van der Waals surface area (Å²) in [5.74, 6) is 2.09. The van der Waals surface area contributed by atoms with Gasteiger partial charge in [0.25, 0.3) is 0 Å². The van der Waals surface area contributed by atoms with E-state index in [0.717, 1.165) is 12.0 Å². The minimum Gasteiger partial charge on any atom is -0.507 e. The topological polar surface area (TPSA) is 102 Å². The Morgan fingerprint density at radius 1 is 0.778 bits per heavy atom. The fourth-order valence-corrected chi connectivity index (χ4v) is 3.61. The maximum atomic E-state index is 13.1. The van der Waals surface area contributed by atoms with Gasteiger partial charge in [0.05, 0.1) is 7.11 Å². The van der Waals surface area contributed by atoms with E-state index in [4.69, 9.17) is 33.2 Å². The lowest BCUT2D eigenvalue weighted by Gasteiger charge is -2.20. The summed E-state index contributed by atoms with van der Waals surface area (Å²) in [5, 5.41) is 11.2. The number of aromatic hydroxyl groups is 1. The zero-order valence-electron chi connectivity index (χ0n) is 22.0. The van der Waals surface area contributed by atoms with Crippen molar-refractivity contribution in [2.45, 2.75) is 39.5 Å². The number of rotatable bonds is 17. The third-order valence-electron chi connectivity index (χ3n) is 5.40. The standard InChI is InChI=1S/C27H38O9/c1-18(2)7-9-21-24(35-16-31-4)14-25(36-17-32-5)22(27(21)29)13-20(28)11-19-8-10-23(34-15-30-3)26(12-19)33-6/h8,10,12,14,18,29H,7,9,11,13,15-17H2,1-6H3. The predicted molar refractivity (Wildman–Crippen MR) is 134 cm³/mol. The van der Waals surface area contributed by atoms with Crippen molar-refractivity contribution >= 4 is 5.78 Å². The maximum Gasteiger partial charge on any atom is 0.188 e. The molecule has 2 rings (SSSR count). The van der Waals surface area contributed by atoms with E-state index in [2.05, 4.69) is 13.8 Å². The molecule has 0 aliphatic heterocycles. The molecule has 0 unspecified atom stereocenters. The van der Waals surface area contributed by atoms with Crippen LogP contribution in [0.2, 0.25) is 0 Å². The predicted octanol–water partition coefficient (Wildman–Crippen LogP) is 4.29. The summed E-state index contributed by atoms with van der Waals surface area (Å²) in [4.78, 5) is 13.1. The van der Waals surface area contributed by atoms with Gasteiger partial charge in [-0.1, -0.05) is 19.9 Å². The number of phenols is 1. The zero-order valence-corrected chi connectivity index (χ0v) is 22.0. The molecule has 9 nitrogen and oxygen atoms in total. The summed E-state index contributed by atoms with van der Waals surface area (Å²) < 4.78 is 37.3. The number of phenolic OH excluding ortho intramolecular Hbond substituents is 1. The van der Waals surface area contributed by atoms with Crippen LogP contribution in [0.25, 0.3) is 0 Å². The van der Waals surface area contributed by atoms with E-state index in [9.17, 15) is 9.90 Å². The largest absolute Gasteiger partial charge is 0.507 e. The van der Waals surface area contributed by atoms with E-state index < -0.39 is 0 Å². The Balaban J connectivity index is 2.34. The number of ether oxygens (including phenoxy) is 7. The number of hydrogen-bond donors (Lipinski definition) is 1. The van der Waals surface area contributed by atoms with Crippen LogP contribution in [0.3, 0.4) is 0 Å². The molecule has 0 aliphatic carbocycles. The second-order valence-corrected chi connectivity index (χ2v) is 8.64.